The highest BCUT2D eigenvalue weighted by molar-refractivity contribution is 9.10. The maximum atomic E-state index is 9.91. The van der Waals surface area contributed by atoms with Crippen molar-refractivity contribution in [2.24, 2.45) is 0 Å². The Bertz CT molecular complexity index is 425. The van der Waals surface area contributed by atoms with Crippen molar-refractivity contribution >= 4 is 15.9 Å². The van der Waals surface area contributed by atoms with Crippen LogP contribution >= 0.6 is 15.9 Å². The Kier molecular flexibility index (Phi) is 3.23. The second-order valence-electron chi connectivity index (χ2n) is 3.48. The van der Waals surface area contributed by atoms with Gasteiger partial charge in [-0.25, -0.2) is 0 Å². The molecule has 2 aromatic rings. The van der Waals surface area contributed by atoms with Gasteiger partial charge in [0.05, 0.1) is 6.10 Å². The van der Waals surface area contributed by atoms with E-state index in [4.69, 9.17) is 0 Å². The lowest BCUT2D eigenvalue weighted by Crippen LogP contribution is -2.01. The zero-order chi connectivity index (χ0) is 10.7. The van der Waals surface area contributed by atoms with E-state index in [2.05, 4.69) is 20.9 Å². The van der Waals surface area contributed by atoms with Gasteiger partial charge in [0.1, 0.15) is 0 Å². The number of nitrogens with one attached hydrogen (secondary N) is 1. The second kappa shape index (κ2) is 4.64. The van der Waals surface area contributed by atoms with Gasteiger partial charge < -0.3 is 10.1 Å². The zero-order valence-electron chi connectivity index (χ0n) is 8.15. The maximum absolute atomic E-state index is 9.91. The van der Waals surface area contributed by atoms with Crippen molar-refractivity contribution < 1.29 is 5.11 Å². The Morgan fingerprint density at radius 1 is 1.27 bits per heavy atom. The van der Waals surface area contributed by atoms with Crippen LogP contribution in [0.2, 0.25) is 0 Å². The third-order valence-corrected chi connectivity index (χ3v) is 2.79. The first-order valence-corrected chi connectivity index (χ1v) is 5.61. The first-order chi connectivity index (χ1) is 7.25. The number of H-pyrrole nitrogens is 1. The van der Waals surface area contributed by atoms with Crippen molar-refractivity contribution in [2.75, 3.05) is 0 Å². The molecule has 0 aliphatic carbocycles. The molecule has 1 aromatic heterocycles. The number of aliphatic hydroxyl groups excluding tert-OH is 1. The molecule has 2 N–H and O–H groups in total. The molecule has 0 bridgehead atoms. The summed E-state index contributed by atoms with van der Waals surface area (Å²) in [6.45, 7) is 0. The number of aromatic amines is 1. The Labute approximate surface area is 97.1 Å². The molecule has 15 heavy (non-hydrogen) atoms. The molecular formula is C12H12BrNO. The van der Waals surface area contributed by atoms with Crippen LogP contribution in [0.4, 0.5) is 0 Å². The summed E-state index contributed by atoms with van der Waals surface area (Å²) >= 11 is 3.41. The molecule has 3 heteroatoms. The molecule has 0 saturated heterocycles. The summed E-state index contributed by atoms with van der Waals surface area (Å²) < 4.78 is 1.04. The molecule has 2 nitrogen and oxygen atoms in total. The molecule has 0 spiro atoms. The lowest BCUT2D eigenvalue weighted by atomic mass is 10.1. The van der Waals surface area contributed by atoms with Crippen LogP contribution in [0.15, 0.2) is 47.1 Å². The number of benzene rings is 1. The van der Waals surface area contributed by atoms with Crippen LogP contribution in [0.25, 0.3) is 0 Å². The van der Waals surface area contributed by atoms with Gasteiger partial charge in [-0.15, -0.1) is 0 Å². The van der Waals surface area contributed by atoms with E-state index in [1.54, 1.807) is 0 Å². The Morgan fingerprint density at radius 2 is 2.13 bits per heavy atom. The largest absolute Gasteiger partial charge is 0.387 e. The highest BCUT2D eigenvalue weighted by atomic mass is 79.9. The highest BCUT2D eigenvalue weighted by Crippen LogP contribution is 2.19. The summed E-state index contributed by atoms with van der Waals surface area (Å²) in [4.78, 5) is 3.01. The first kappa shape index (κ1) is 10.5. The molecule has 1 heterocycles. The molecule has 1 atom stereocenters. The number of rotatable bonds is 3. The van der Waals surface area contributed by atoms with E-state index in [1.807, 2.05) is 42.6 Å². The van der Waals surface area contributed by atoms with E-state index in [1.165, 1.54) is 0 Å². The van der Waals surface area contributed by atoms with Gasteiger partial charge in [-0.05, 0) is 29.8 Å². The SMILES string of the molecule is OC(Cc1cccc(Br)c1)c1ccc[nH]1. The van der Waals surface area contributed by atoms with Crippen molar-refractivity contribution in [1.29, 1.82) is 0 Å². The molecule has 0 amide bonds. The number of hydrogen-bond acceptors (Lipinski definition) is 1. The van der Waals surface area contributed by atoms with E-state index >= 15 is 0 Å². The van der Waals surface area contributed by atoms with Crippen LogP contribution in [0, 0.1) is 0 Å². The standard InChI is InChI=1S/C12H12BrNO/c13-10-4-1-3-9(7-10)8-12(15)11-5-2-6-14-11/h1-7,12,14-15H,8H2. The van der Waals surface area contributed by atoms with Crippen molar-refractivity contribution in [1.82, 2.24) is 4.98 Å². The van der Waals surface area contributed by atoms with E-state index < -0.39 is 6.10 Å². The van der Waals surface area contributed by atoms with Crippen molar-refractivity contribution in [3.05, 3.63) is 58.3 Å². The van der Waals surface area contributed by atoms with Crippen molar-refractivity contribution in [3.63, 3.8) is 0 Å². The Balaban J connectivity index is 2.09. The van der Waals surface area contributed by atoms with Crippen LogP contribution in [0.5, 0.6) is 0 Å². The van der Waals surface area contributed by atoms with E-state index in [9.17, 15) is 5.11 Å². The minimum atomic E-state index is -0.464. The molecule has 2 rings (SSSR count). The van der Waals surface area contributed by atoms with E-state index in [0.717, 1.165) is 15.7 Å². The van der Waals surface area contributed by atoms with E-state index in [0.29, 0.717) is 6.42 Å². The van der Waals surface area contributed by atoms with E-state index in [-0.39, 0.29) is 0 Å². The average molecular weight is 266 g/mol. The first-order valence-electron chi connectivity index (χ1n) is 4.81. The zero-order valence-corrected chi connectivity index (χ0v) is 9.74. The summed E-state index contributed by atoms with van der Waals surface area (Å²) in [6, 6.07) is 11.8. The molecule has 78 valence electrons. The predicted molar refractivity (Wildman–Crippen MR) is 63.6 cm³/mol. The van der Waals surface area contributed by atoms with Gasteiger partial charge in [-0.1, -0.05) is 28.1 Å². The molecule has 0 aliphatic rings. The van der Waals surface area contributed by atoms with Gasteiger partial charge in [0.25, 0.3) is 0 Å². The molecule has 0 saturated carbocycles. The monoisotopic (exact) mass is 265 g/mol. The highest BCUT2D eigenvalue weighted by Gasteiger charge is 2.08. The predicted octanol–water partition coefficient (Wildman–Crippen LogP) is 3.05. The van der Waals surface area contributed by atoms with Gasteiger partial charge in [-0.2, -0.15) is 0 Å². The topological polar surface area (TPSA) is 36.0 Å². The number of aromatic nitrogens is 1. The smallest absolute Gasteiger partial charge is 0.0977 e. The van der Waals surface area contributed by atoms with Crippen LogP contribution in [0.3, 0.4) is 0 Å². The normalized spacial score (nSPS) is 12.7. The number of hydrogen-bond donors (Lipinski definition) is 2. The third-order valence-electron chi connectivity index (χ3n) is 2.30. The minimum absolute atomic E-state index is 0.464. The van der Waals surface area contributed by atoms with Gasteiger partial charge >= 0.3 is 0 Å². The lowest BCUT2D eigenvalue weighted by Gasteiger charge is -2.08. The summed E-state index contributed by atoms with van der Waals surface area (Å²) in [5.41, 5.74) is 1.97. The Morgan fingerprint density at radius 3 is 2.80 bits per heavy atom. The minimum Gasteiger partial charge on any atom is -0.387 e. The lowest BCUT2D eigenvalue weighted by molar-refractivity contribution is 0.174. The Hall–Kier alpha value is -1.06. The van der Waals surface area contributed by atoms with Crippen molar-refractivity contribution in [3.8, 4) is 0 Å². The fourth-order valence-electron chi connectivity index (χ4n) is 1.55. The average Bonchev–Trinajstić information content (AvgIpc) is 2.70. The molecule has 0 fully saturated rings. The number of aliphatic hydroxyl groups is 1. The van der Waals surface area contributed by atoms with Gasteiger partial charge in [0.2, 0.25) is 0 Å². The van der Waals surface area contributed by atoms with Crippen LogP contribution in [0.1, 0.15) is 17.4 Å². The fraction of sp³-hybridized carbons (Fsp3) is 0.167. The summed E-state index contributed by atoms with van der Waals surface area (Å²) in [6.07, 6.45) is 1.98. The molecule has 0 aliphatic heterocycles. The molecule has 0 radical (unpaired) electrons. The van der Waals surface area contributed by atoms with Crippen molar-refractivity contribution in [2.45, 2.75) is 12.5 Å². The summed E-state index contributed by atoms with van der Waals surface area (Å²) in [5, 5.41) is 9.91. The van der Waals surface area contributed by atoms with Gasteiger partial charge in [0.15, 0.2) is 0 Å². The van der Waals surface area contributed by atoms with Gasteiger partial charge in [-0.3, -0.25) is 0 Å². The third kappa shape index (κ3) is 2.70. The van der Waals surface area contributed by atoms with Crippen LogP contribution in [-0.2, 0) is 6.42 Å². The maximum Gasteiger partial charge on any atom is 0.0977 e. The summed E-state index contributed by atoms with van der Waals surface area (Å²) in [5.74, 6) is 0. The molecule has 1 unspecified atom stereocenters. The molecular weight excluding hydrogens is 254 g/mol. The van der Waals surface area contributed by atoms with Crippen LogP contribution < -0.4 is 0 Å². The van der Waals surface area contributed by atoms with Gasteiger partial charge in [0, 0.05) is 22.8 Å². The number of halogens is 1. The molecule has 1 aromatic carbocycles. The summed E-state index contributed by atoms with van der Waals surface area (Å²) in [7, 11) is 0. The quantitative estimate of drug-likeness (QED) is 0.880. The second-order valence-corrected chi connectivity index (χ2v) is 4.39. The fourth-order valence-corrected chi connectivity index (χ4v) is 2.00. The van der Waals surface area contributed by atoms with Crippen LogP contribution in [-0.4, -0.2) is 10.1 Å².